The van der Waals surface area contributed by atoms with Crippen molar-refractivity contribution in [1.29, 1.82) is 0 Å². The van der Waals surface area contributed by atoms with Crippen molar-refractivity contribution in [2.45, 2.75) is 50.9 Å². The molecule has 0 unspecified atom stereocenters. The van der Waals surface area contributed by atoms with E-state index < -0.39 is 20.6 Å². The van der Waals surface area contributed by atoms with E-state index in [4.69, 9.17) is 4.43 Å². The fourth-order valence-electron chi connectivity index (χ4n) is 4.33. The average Bonchev–Trinajstić information content (AvgIpc) is 2.70. The zero-order valence-electron chi connectivity index (χ0n) is 17.6. The van der Waals surface area contributed by atoms with Crippen molar-refractivity contribution in [2.24, 2.45) is 0 Å². The molecule has 0 aromatic heterocycles. The highest BCUT2D eigenvalue weighted by Gasteiger charge is 2.52. The Morgan fingerprint density at radius 1 is 1.03 bits per heavy atom. The summed E-state index contributed by atoms with van der Waals surface area (Å²) in [5, 5.41) is 11.5. The summed E-state index contributed by atoms with van der Waals surface area (Å²) < 4.78 is 21.8. The van der Waals surface area contributed by atoms with Gasteiger partial charge in [-0.25, -0.2) is 4.39 Å². The molecule has 0 aliphatic heterocycles. The molecule has 154 valence electrons. The summed E-state index contributed by atoms with van der Waals surface area (Å²) in [4.78, 5) is 0. The van der Waals surface area contributed by atoms with Crippen LogP contribution in [0.4, 0.5) is 4.39 Å². The van der Waals surface area contributed by atoms with Gasteiger partial charge in [0, 0.05) is 6.42 Å². The molecule has 2 nitrogen and oxygen atoms in total. The first-order valence-corrected chi connectivity index (χ1v) is 12.1. The van der Waals surface area contributed by atoms with Crippen LogP contribution in [-0.4, -0.2) is 32.3 Å². The molecule has 1 N–H and O–H groups in total. The molecule has 1 saturated carbocycles. The van der Waals surface area contributed by atoms with Crippen LogP contribution in [0.5, 0.6) is 0 Å². The van der Waals surface area contributed by atoms with Crippen molar-refractivity contribution in [1.82, 2.24) is 0 Å². The zero-order chi connectivity index (χ0) is 21.1. The fraction of sp³-hybridized carbons (Fsp3) is 0.360. The zero-order valence-corrected chi connectivity index (χ0v) is 18.6. The molecule has 0 saturated heterocycles. The van der Waals surface area contributed by atoms with Crippen LogP contribution >= 0.6 is 0 Å². The first-order valence-electron chi connectivity index (χ1n) is 10.2. The molecule has 1 aliphatic rings. The maximum atomic E-state index is 14.8. The number of benzene rings is 2. The standard InChI is InChI=1S/C25H31FO2Si/c1-19-23(26)17-20(15-16-27)18-24(19)28-29(25(2,3)4,21-11-7-5-8-12-21)22-13-9-6-10-14-22/h5-15,23-24,27H,1,16-18H2,2-4H3/t23-,24+/m0/s1. The average molecular weight is 411 g/mol. The van der Waals surface area contributed by atoms with E-state index in [0.29, 0.717) is 18.4 Å². The molecule has 1 fully saturated rings. The molecular weight excluding hydrogens is 379 g/mol. The summed E-state index contributed by atoms with van der Waals surface area (Å²) in [5.74, 6) is 0. The number of hydrogen-bond acceptors (Lipinski definition) is 2. The second kappa shape index (κ2) is 8.78. The Balaban J connectivity index is 2.15. The molecule has 0 spiro atoms. The highest BCUT2D eigenvalue weighted by atomic mass is 28.4. The smallest absolute Gasteiger partial charge is 0.261 e. The van der Waals surface area contributed by atoms with Gasteiger partial charge in [0.1, 0.15) is 6.17 Å². The molecule has 0 amide bonds. The molecule has 0 heterocycles. The van der Waals surface area contributed by atoms with E-state index in [2.05, 4.69) is 51.6 Å². The molecule has 2 atom stereocenters. The quantitative estimate of drug-likeness (QED) is 0.579. The van der Waals surface area contributed by atoms with Gasteiger partial charge in [0.2, 0.25) is 0 Å². The van der Waals surface area contributed by atoms with E-state index in [1.165, 1.54) is 10.4 Å². The predicted octanol–water partition coefficient (Wildman–Crippen LogP) is 4.54. The first-order chi connectivity index (χ1) is 13.8. The Hall–Kier alpha value is -2.01. The lowest BCUT2D eigenvalue weighted by Gasteiger charge is -2.46. The lowest BCUT2D eigenvalue weighted by Crippen LogP contribution is -2.68. The van der Waals surface area contributed by atoms with Crippen molar-refractivity contribution < 1.29 is 13.9 Å². The summed E-state index contributed by atoms with van der Waals surface area (Å²) in [6, 6.07) is 20.7. The minimum Gasteiger partial charge on any atom is -0.400 e. The number of aliphatic hydroxyl groups excluding tert-OH is 1. The van der Waals surface area contributed by atoms with Gasteiger partial charge >= 0.3 is 0 Å². The maximum Gasteiger partial charge on any atom is 0.261 e. The van der Waals surface area contributed by atoms with Gasteiger partial charge in [0.25, 0.3) is 8.32 Å². The monoisotopic (exact) mass is 410 g/mol. The minimum absolute atomic E-state index is 0.0829. The molecule has 3 rings (SSSR count). The van der Waals surface area contributed by atoms with Crippen molar-refractivity contribution in [3.8, 4) is 0 Å². The lowest BCUT2D eigenvalue weighted by atomic mass is 9.87. The van der Waals surface area contributed by atoms with E-state index in [1.54, 1.807) is 6.08 Å². The lowest BCUT2D eigenvalue weighted by molar-refractivity contribution is 0.177. The van der Waals surface area contributed by atoms with Crippen LogP contribution < -0.4 is 10.4 Å². The van der Waals surface area contributed by atoms with Crippen molar-refractivity contribution in [3.05, 3.63) is 84.5 Å². The number of alkyl halides is 1. The number of rotatable bonds is 5. The van der Waals surface area contributed by atoms with Gasteiger partial charge in [-0.3, -0.25) is 0 Å². The van der Waals surface area contributed by atoms with Crippen molar-refractivity contribution in [3.63, 3.8) is 0 Å². The van der Waals surface area contributed by atoms with Crippen LogP contribution in [0, 0.1) is 0 Å². The Morgan fingerprint density at radius 3 is 2.00 bits per heavy atom. The molecule has 2 aromatic carbocycles. The number of hydrogen-bond donors (Lipinski definition) is 1. The van der Waals surface area contributed by atoms with E-state index in [-0.39, 0.29) is 11.6 Å². The van der Waals surface area contributed by atoms with Crippen LogP contribution in [0.1, 0.15) is 33.6 Å². The molecule has 0 bridgehead atoms. The Morgan fingerprint density at radius 2 is 1.55 bits per heavy atom. The highest BCUT2D eigenvalue weighted by Crippen LogP contribution is 2.41. The second-order valence-corrected chi connectivity index (χ2v) is 13.0. The Labute approximate surface area is 174 Å². The van der Waals surface area contributed by atoms with E-state index >= 15 is 0 Å². The SMILES string of the molecule is C=C1[C@@H](F)CC(=CCO)C[C@H]1O[Si](c1ccccc1)(c1ccccc1)C(C)(C)C. The normalized spacial score (nSPS) is 22.1. The van der Waals surface area contributed by atoms with Crippen molar-refractivity contribution in [2.75, 3.05) is 6.61 Å². The predicted molar refractivity (Wildman–Crippen MR) is 121 cm³/mol. The molecule has 29 heavy (non-hydrogen) atoms. The van der Waals surface area contributed by atoms with Gasteiger partial charge in [-0.15, -0.1) is 0 Å². The van der Waals surface area contributed by atoms with Crippen LogP contribution in [-0.2, 0) is 4.43 Å². The van der Waals surface area contributed by atoms with Crippen molar-refractivity contribution >= 4 is 18.7 Å². The molecule has 4 heteroatoms. The third-order valence-electron chi connectivity index (χ3n) is 5.82. The van der Waals surface area contributed by atoms with Gasteiger partial charge in [0.15, 0.2) is 0 Å². The van der Waals surface area contributed by atoms with E-state index in [1.807, 2.05) is 36.4 Å². The van der Waals surface area contributed by atoms with Gasteiger partial charge in [0.05, 0.1) is 12.7 Å². The number of aliphatic hydroxyl groups is 1. The minimum atomic E-state index is -2.78. The van der Waals surface area contributed by atoms with Gasteiger partial charge in [-0.05, 0) is 27.4 Å². The summed E-state index contributed by atoms with van der Waals surface area (Å²) in [5.41, 5.74) is 1.41. The summed E-state index contributed by atoms with van der Waals surface area (Å²) in [6.45, 7) is 10.6. The third kappa shape index (κ3) is 4.30. The topological polar surface area (TPSA) is 29.5 Å². The third-order valence-corrected chi connectivity index (χ3v) is 10.9. The van der Waals surface area contributed by atoms with Crippen LogP contribution in [0.2, 0.25) is 5.04 Å². The van der Waals surface area contributed by atoms with E-state index in [0.717, 1.165) is 5.57 Å². The molecular formula is C25H31FO2Si. The molecule has 1 aliphatic carbocycles. The largest absolute Gasteiger partial charge is 0.400 e. The van der Waals surface area contributed by atoms with Crippen LogP contribution in [0.15, 0.2) is 84.5 Å². The van der Waals surface area contributed by atoms with Gasteiger partial charge in [-0.2, -0.15) is 0 Å². The molecule has 0 radical (unpaired) electrons. The first kappa shape index (κ1) is 21.7. The van der Waals surface area contributed by atoms with Gasteiger partial charge < -0.3 is 9.53 Å². The van der Waals surface area contributed by atoms with Crippen LogP contribution in [0.3, 0.4) is 0 Å². The molecule has 2 aromatic rings. The van der Waals surface area contributed by atoms with E-state index in [9.17, 15) is 9.50 Å². The highest BCUT2D eigenvalue weighted by molar-refractivity contribution is 6.99. The Bertz CT molecular complexity index is 816. The Kier molecular flexibility index (Phi) is 6.57. The summed E-state index contributed by atoms with van der Waals surface area (Å²) in [7, 11) is -2.78. The summed E-state index contributed by atoms with van der Waals surface area (Å²) in [6.07, 6.45) is 1.01. The number of halogens is 1. The second-order valence-electron chi connectivity index (χ2n) is 8.77. The van der Waals surface area contributed by atoms with Crippen LogP contribution in [0.25, 0.3) is 0 Å². The maximum absolute atomic E-state index is 14.8. The fourth-order valence-corrected chi connectivity index (χ4v) is 9.01. The van der Waals surface area contributed by atoms with Gasteiger partial charge in [-0.1, -0.05) is 99.7 Å². The summed E-state index contributed by atoms with van der Waals surface area (Å²) >= 11 is 0.